The summed E-state index contributed by atoms with van der Waals surface area (Å²) < 4.78 is 0. The SMILES string of the molecule is C/C=C(\C=C/NCCN(C)CC(C)S)/C=C/c1ccc(N(C)C)cc1. The Morgan fingerprint density at radius 2 is 1.84 bits per heavy atom. The summed E-state index contributed by atoms with van der Waals surface area (Å²) >= 11 is 4.42. The molecule has 0 saturated carbocycles. The van der Waals surface area contributed by atoms with Gasteiger partial charge < -0.3 is 15.1 Å². The Hall–Kier alpha value is -1.65. The molecule has 0 heterocycles. The predicted octanol–water partition coefficient (Wildman–Crippen LogP) is 4.07. The van der Waals surface area contributed by atoms with Gasteiger partial charge in [0, 0.05) is 44.7 Å². The van der Waals surface area contributed by atoms with E-state index in [9.17, 15) is 0 Å². The number of nitrogens with one attached hydrogen (secondary N) is 1. The van der Waals surface area contributed by atoms with Gasteiger partial charge in [-0.25, -0.2) is 0 Å². The van der Waals surface area contributed by atoms with E-state index in [-0.39, 0.29) is 0 Å². The summed E-state index contributed by atoms with van der Waals surface area (Å²) in [5.41, 5.74) is 3.60. The molecule has 0 aromatic heterocycles. The second-order valence-electron chi connectivity index (χ2n) is 6.51. The van der Waals surface area contributed by atoms with Gasteiger partial charge in [0.15, 0.2) is 0 Å². The van der Waals surface area contributed by atoms with Crippen molar-refractivity contribution in [2.75, 3.05) is 45.7 Å². The van der Waals surface area contributed by atoms with E-state index in [0.29, 0.717) is 5.25 Å². The van der Waals surface area contributed by atoms with Crippen molar-refractivity contribution in [1.82, 2.24) is 10.2 Å². The zero-order chi connectivity index (χ0) is 18.7. The van der Waals surface area contributed by atoms with Crippen LogP contribution in [0.25, 0.3) is 6.08 Å². The van der Waals surface area contributed by atoms with Gasteiger partial charge in [0.25, 0.3) is 0 Å². The highest BCUT2D eigenvalue weighted by Crippen LogP contribution is 2.14. The Kier molecular flexibility index (Phi) is 10.1. The minimum Gasteiger partial charge on any atom is -0.390 e. The molecule has 1 atom stereocenters. The molecular weight excluding hydrogens is 326 g/mol. The van der Waals surface area contributed by atoms with E-state index in [2.05, 4.69) is 111 Å². The summed E-state index contributed by atoms with van der Waals surface area (Å²) in [6.07, 6.45) is 10.5. The molecule has 0 amide bonds. The van der Waals surface area contributed by atoms with Crippen LogP contribution in [-0.4, -0.2) is 50.9 Å². The van der Waals surface area contributed by atoms with Gasteiger partial charge in [0.2, 0.25) is 0 Å². The smallest absolute Gasteiger partial charge is 0.0361 e. The number of nitrogens with zero attached hydrogens (tertiary/aromatic N) is 2. The lowest BCUT2D eigenvalue weighted by Crippen LogP contribution is -2.30. The Morgan fingerprint density at radius 1 is 1.16 bits per heavy atom. The summed E-state index contributed by atoms with van der Waals surface area (Å²) in [6.45, 7) is 7.12. The average Bonchev–Trinajstić information content (AvgIpc) is 2.57. The third kappa shape index (κ3) is 9.42. The monoisotopic (exact) mass is 359 g/mol. The molecule has 1 N–H and O–H groups in total. The molecule has 0 aliphatic rings. The van der Waals surface area contributed by atoms with Crippen LogP contribution in [0.4, 0.5) is 5.69 Å². The molecule has 0 saturated heterocycles. The molecule has 1 aromatic carbocycles. The Balaban J connectivity index is 2.43. The van der Waals surface area contributed by atoms with Crippen LogP contribution in [0.3, 0.4) is 0 Å². The second kappa shape index (κ2) is 11.8. The van der Waals surface area contributed by atoms with Crippen molar-refractivity contribution in [3.63, 3.8) is 0 Å². The fraction of sp³-hybridized carbons (Fsp3) is 0.429. The first kappa shape index (κ1) is 21.4. The fourth-order valence-corrected chi connectivity index (χ4v) is 2.64. The van der Waals surface area contributed by atoms with Gasteiger partial charge in [-0.05, 0) is 49.5 Å². The number of anilines is 1. The first-order valence-electron chi connectivity index (χ1n) is 8.80. The summed E-state index contributed by atoms with van der Waals surface area (Å²) in [5.74, 6) is 0. The summed E-state index contributed by atoms with van der Waals surface area (Å²) in [4.78, 5) is 4.39. The van der Waals surface area contributed by atoms with Crippen LogP contribution in [0.5, 0.6) is 0 Å². The number of benzene rings is 1. The molecule has 0 aliphatic carbocycles. The van der Waals surface area contributed by atoms with Crippen molar-refractivity contribution in [3.05, 3.63) is 59.8 Å². The Morgan fingerprint density at radius 3 is 2.40 bits per heavy atom. The molecule has 3 nitrogen and oxygen atoms in total. The lowest BCUT2D eigenvalue weighted by Gasteiger charge is -2.18. The van der Waals surface area contributed by atoms with Crippen molar-refractivity contribution >= 4 is 24.4 Å². The molecule has 0 aliphatic heterocycles. The van der Waals surface area contributed by atoms with Gasteiger partial charge in [0.05, 0.1) is 0 Å². The summed E-state index contributed by atoms with van der Waals surface area (Å²) in [5, 5.41) is 3.75. The van der Waals surface area contributed by atoms with Crippen LogP contribution in [0, 0.1) is 0 Å². The molecule has 4 heteroatoms. The van der Waals surface area contributed by atoms with Crippen LogP contribution in [-0.2, 0) is 0 Å². The Bertz CT molecular complexity index is 571. The van der Waals surface area contributed by atoms with Gasteiger partial charge in [-0.2, -0.15) is 12.6 Å². The maximum atomic E-state index is 4.42. The van der Waals surface area contributed by atoms with Crippen LogP contribution in [0.2, 0.25) is 0 Å². The topological polar surface area (TPSA) is 18.5 Å². The minimum atomic E-state index is 0.409. The lowest BCUT2D eigenvalue weighted by molar-refractivity contribution is 0.342. The Labute approximate surface area is 159 Å². The molecule has 25 heavy (non-hydrogen) atoms. The van der Waals surface area contributed by atoms with Gasteiger partial charge in [0.1, 0.15) is 0 Å². The van der Waals surface area contributed by atoms with Gasteiger partial charge in [-0.3, -0.25) is 0 Å². The molecule has 0 spiro atoms. The molecule has 138 valence electrons. The van der Waals surface area contributed by atoms with Crippen molar-refractivity contribution in [1.29, 1.82) is 0 Å². The molecule has 0 radical (unpaired) electrons. The highest BCUT2D eigenvalue weighted by atomic mass is 32.1. The number of likely N-dealkylation sites (N-methyl/N-ethyl adjacent to an activating group) is 1. The molecule has 1 aromatic rings. The molecule has 1 rings (SSSR count). The van der Waals surface area contributed by atoms with Crippen molar-refractivity contribution in [3.8, 4) is 0 Å². The van der Waals surface area contributed by atoms with Crippen molar-refractivity contribution in [2.24, 2.45) is 0 Å². The zero-order valence-electron chi connectivity index (χ0n) is 16.2. The van der Waals surface area contributed by atoms with E-state index in [4.69, 9.17) is 0 Å². The first-order valence-corrected chi connectivity index (χ1v) is 9.32. The summed E-state index contributed by atoms with van der Waals surface area (Å²) in [6, 6.07) is 8.54. The lowest BCUT2D eigenvalue weighted by atomic mass is 10.1. The van der Waals surface area contributed by atoms with E-state index in [1.807, 2.05) is 6.20 Å². The highest BCUT2D eigenvalue weighted by Gasteiger charge is 2.00. The molecular formula is C21H33N3S. The van der Waals surface area contributed by atoms with E-state index >= 15 is 0 Å². The molecule has 1 unspecified atom stereocenters. The van der Waals surface area contributed by atoms with Gasteiger partial charge in [-0.15, -0.1) is 0 Å². The third-order valence-electron chi connectivity index (χ3n) is 3.82. The van der Waals surface area contributed by atoms with E-state index in [1.54, 1.807) is 0 Å². The quantitative estimate of drug-likeness (QED) is 0.373. The van der Waals surface area contributed by atoms with Crippen LogP contribution in [0.1, 0.15) is 19.4 Å². The maximum absolute atomic E-state index is 4.42. The second-order valence-corrected chi connectivity index (χ2v) is 7.39. The van der Waals surface area contributed by atoms with Crippen molar-refractivity contribution < 1.29 is 0 Å². The normalized spacial score (nSPS) is 13.8. The number of hydrogen-bond acceptors (Lipinski definition) is 4. The summed E-state index contributed by atoms with van der Waals surface area (Å²) in [7, 11) is 6.23. The first-order chi connectivity index (χ1) is 11.9. The van der Waals surface area contributed by atoms with Crippen LogP contribution >= 0.6 is 12.6 Å². The highest BCUT2D eigenvalue weighted by molar-refractivity contribution is 7.80. The fourth-order valence-electron chi connectivity index (χ4n) is 2.36. The number of allylic oxidation sites excluding steroid dienone is 4. The molecule has 0 bridgehead atoms. The van der Waals surface area contributed by atoms with E-state index in [1.165, 1.54) is 16.8 Å². The zero-order valence-corrected chi connectivity index (χ0v) is 17.1. The number of hydrogen-bond donors (Lipinski definition) is 2. The third-order valence-corrected chi connectivity index (χ3v) is 3.98. The standard InChI is InChI=1S/C21H33N3S/c1-6-19(13-14-22-15-16-24(5)17-18(2)25)7-8-20-9-11-21(12-10-20)23(3)4/h6-14,18,22,25H,15-17H2,1-5H3/b8-7+,14-13-,19-6-. The predicted molar refractivity (Wildman–Crippen MR) is 117 cm³/mol. The van der Waals surface area contributed by atoms with Gasteiger partial charge in [-0.1, -0.05) is 37.3 Å². The van der Waals surface area contributed by atoms with Crippen LogP contribution in [0.15, 0.2) is 54.3 Å². The number of rotatable bonds is 10. The minimum absolute atomic E-state index is 0.409. The van der Waals surface area contributed by atoms with Gasteiger partial charge >= 0.3 is 0 Å². The van der Waals surface area contributed by atoms with Crippen molar-refractivity contribution in [2.45, 2.75) is 19.1 Å². The average molecular weight is 360 g/mol. The van der Waals surface area contributed by atoms with E-state index in [0.717, 1.165) is 19.6 Å². The molecule has 0 fully saturated rings. The van der Waals surface area contributed by atoms with Crippen LogP contribution < -0.4 is 10.2 Å². The largest absolute Gasteiger partial charge is 0.390 e. The number of thiol groups is 1. The van der Waals surface area contributed by atoms with E-state index < -0.39 is 0 Å². The maximum Gasteiger partial charge on any atom is 0.0361 e.